The van der Waals surface area contributed by atoms with Gasteiger partial charge in [0.05, 0.1) is 19.2 Å². The summed E-state index contributed by atoms with van der Waals surface area (Å²) in [5, 5.41) is 13.7. The van der Waals surface area contributed by atoms with E-state index < -0.39 is 6.04 Å². The second-order valence-corrected chi connectivity index (χ2v) is 12.3. The lowest BCUT2D eigenvalue weighted by atomic mass is 9.99. The molecule has 10 heteroatoms. The molecule has 1 atom stereocenters. The number of aromatic nitrogens is 3. The van der Waals surface area contributed by atoms with Crippen molar-refractivity contribution in [2.24, 2.45) is 4.99 Å². The molecule has 8 nitrogen and oxygen atoms in total. The predicted molar refractivity (Wildman–Crippen MR) is 164 cm³/mol. The van der Waals surface area contributed by atoms with Gasteiger partial charge in [0.1, 0.15) is 16.9 Å². The van der Waals surface area contributed by atoms with Crippen molar-refractivity contribution in [1.82, 2.24) is 20.1 Å². The lowest BCUT2D eigenvalue weighted by Crippen LogP contribution is -2.26. The third-order valence-electron chi connectivity index (χ3n) is 7.59. The first-order chi connectivity index (χ1) is 19.8. The van der Waals surface area contributed by atoms with Gasteiger partial charge in [-0.25, -0.2) is 0 Å². The highest BCUT2D eigenvalue weighted by molar-refractivity contribution is 7.15. The second-order valence-electron chi connectivity index (χ2n) is 10.6. The zero-order valence-corrected chi connectivity index (χ0v) is 26.0. The van der Waals surface area contributed by atoms with Gasteiger partial charge in [-0.2, -0.15) is 0 Å². The van der Waals surface area contributed by atoms with Crippen molar-refractivity contribution in [2.75, 3.05) is 13.7 Å². The number of aryl methyl sites for hydroxylation is 2. The van der Waals surface area contributed by atoms with Crippen molar-refractivity contribution in [3.05, 3.63) is 62.5 Å². The summed E-state index contributed by atoms with van der Waals surface area (Å²) in [6.07, 6.45) is 9.34. The Morgan fingerprint density at radius 1 is 0.976 bits per heavy atom. The summed E-state index contributed by atoms with van der Waals surface area (Å²) in [5.41, 5.74) is 4.04. The lowest BCUT2D eigenvalue weighted by Gasteiger charge is -2.13. The molecule has 4 rings (SSSR count). The second kappa shape index (κ2) is 14.7. The number of methoxy groups -OCH3 is 1. The van der Waals surface area contributed by atoms with Gasteiger partial charge in [-0.15, -0.1) is 21.5 Å². The van der Waals surface area contributed by atoms with Crippen LogP contribution in [-0.2, 0) is 14.3 Å². The molecule has 0 unspecified atom stereocenters. The SMILES string of the molecule is COC(=O)CCCCCCCCCCNC(=O)C[C@@H]1N=C(c2ccc(Cl)cc2)c2c(sc(C)c2C)-n2c(C)nnc21. The topological polar surface area (TPSA) is 98.5 Å². The molecule has 0 radical (unpaired) electrons. The number of halogens is 1. The Bertz CT molecular complexity index is 1380. The van der Waals surface area contributed by atoms with Crippen molar-refractivity contribution in [3.8, 4) is 5.00 Å². The quantitative estimate of drug-likeness (QED) is 0.159. The molecule has 0 saturated heterocycles. The Labute approximate surface area is 251 Å². The predicted octanol–water partition coefficient (Wildman–Crippen LogP) is 6.99. The maximum absolute atomic E-state index is 13.1. The van der Waals surface area contributed by atoms with E-state index in [4.69, 9.17) is 16.6 Å². The smallest absolute Gasteiger partial charge is 0.305 e. The highest BCUT2D eigenvalue weighted by Gasteiger charge is 2.32. The van der Waals surface area contributed by atoms with Crippen LogP contribution in [0.1, 0.15) is 103 Å². The van der Waals surface area contributed by atoms with Crippen LogP contribution in [0.3, 0.4) is 0 Å². The molecule has 1 aromatic carbocycles. The number of nitrogens with zero attached hydrogens (tertiary/aromatic N) is 4. The molecule has 3 heterocycles. The minimum Gasteiger partial charge on any atom is -0.469 e. The fourth-order valence-corrected chi connectivity index (χ4v) is 6.51. The zero-order chi connectivity index (χ0) is 29.4. The van der Waals surface area contributed by atoms with Crippen LogP contribution in [-0.4, -0.2) is 46.0 Å². The van der Waals surface area contributed by atoms with Crippen molar-refractivity contribution >= 4 is 40.5 Å². The number of nitrogens with one attached hydrogen (secondary N) is 1. The van der Waals surface area contributed by atoms with Gasteiger partial charge in [0.2, 0.25) is 5.91 Å². The van der Waals surface area contributed by atoms with E-state index in [1.54, 1.807) is 11.3 Å². The molecule has 1 aliphatic rings. The minimum absolute atomic E-state index is 0.0369. The van der Waals surface area contributed by atoms with E-state index >= 15 is 0 Å². The van der Waals surface area contributed by atoms with E-state index in [1.165, 1.54) is 30.4 Å². The summed E-state index contributed by atoms with van der Waals surface area (Å²) < 4.78 is 6.74. The van der Waals surface area contributed by atoms with Crippen LogP contribution in [0.25, 0.3) is 5.00 Å². The van der Waals surface area contributed by atoms with Crippen LogP contribution in [0.4, 0.5) is 0 Å². The molecule has 2 aromatic heterocycles. The third-order valence-corrected chi connectivity index (χ3v) is 9.04. The molecule has 0 spiro atoms. The summed E-state index contributed by atoms with van der Waals surface area (Å²) in [6.45, 7) is 6.83. The molecule has 0 aliphatic carbocycles. The van der Waals surface area contributed by atoms with E-state index in [9.17, 15) is 9.59 Å². The summed E-state index contributed by atoms with van der Waals surface area (Å²) in [5.74, 6) is 1.31. The fraction of sp³-hybridized carbons (Fsp3) is 0.516. The largest absolute Gasteiger partial charge is 0.469 e. The van der Waals surface area contributed by atoms with Gasteiger partial charge in [0.25, 0.3) is 0 Å². The van der Waals surface area contributed by atoms with E-state index in [-0.39, 0.29) is 18.3 Å². The van der Waals surface area contributed by atoms with Crippen LogP contribution >= 0.6 is 22.9 Å². The van der Waals surface area contributed by atoms with Crippen molar-refractivity contribution < 1.29 is 14.3 Å². The van der Waals surface area contributed by atoms with Crippen LogP contribution in [0.15, 0.2) is 29.3 Å². The van der Waals surface area contributed by atoms with E-state index in [0.29, 0.717) is 23.8 Å². The number of ether oxygens (including phenoxy) is 1. The highest BCUT2D eigenvalue weighted by Crippen LogP contribution is 2.39. The maximum Gasteiger partial charge on any atom is 0.305 e. The average Bonchev–Trinajstić information content (AvgIpc) is 3.43. The Balaban J connectivity index is 1.35. The molecule has 220 valence electrons. The van der Waals surface area contributed by atoms with Crippen molar-refractivity contribution in [1.29, 1.82) is 0 Å². The summed E-state index contributed by atoms with van der Waals surface area (Å²) in [7, 11) is 1.43. The van der Waals surface area contributed by atoms with Gasteiger partial charge in [-0.1, -0.05) is 62.3 Å². The van der Waals surface area contributed by atoms with Gasteiger partial charge in [0, 0.05) is 34.0 Å². The molecule has 1 amide bonds. The first-order valence-electron chi connectivity index (χ1n) is 14.5. The van der Waals surface area contributed by atoms with Gasteiger partial charge in [0.15, 0.2) is 5.82 Å². The summed E-state index contributed by atoms with van der Waals surface area (Å²) >= 11 is 7.89. The van der Waals surface area contributed by atoms with Gasteiger partial charge < -0.3 is 10.1 Å². The standard InChI is InChI=1S/C31H40ClN5O3S/c1-20-21(2)41-31-28(20)29(23-14-16-24(32)17-15-23)34-25(30-36-35-22(3)37(30)31)19-26(38)33-18-12-10-8-6-5-7-9-11-13-27(39)40-4/h14-17,25H,5-13,18-19H2,1-4H3,(H,33,38)/t25-/m0/s1. The Kier molecular flexibility index (Phi) is 11.1. The number of esters is 1. The van der Waals surface area contributed by atoms with E-state index in [2.05, 4.69) is 38.7 Å². The molecule has 0 fully saturated rings. The van der Waals surface area contributed by atoms with E-state index in [0.717, 1.165) is 66.2 Å². The van der Waals surface area contributed by atoms with Gasteiger partial charge in [-0.05, 0) is 51.3 Å². The molecule has 1 N–H and O–H groups in total. The van der Waals surface area contributed by atoms with Gasteiger partial charge >= 0.3 is 5.97 Å². The molecule has 3 aromatic rings. The first-order valence-corrected chi connectivity index (χ1v) is 15.7. The average molecular weight is 598 g/mol. The number of unbranched alkanes of at least 4 members (excludes halogenated alkanes) is 7. The number of benzene rings is 1. The number of hydrogen-bond acceptors (Lipinski definition) is 7. The van der Waals surface area contributed by atoms with Crippen molar-refractivity contribution in [2.45, 2.75) is 91.0 Å². The third kappa shape index (κ3) is 7.83. The fourth-order valence-electron chi connectivity index (χ4n) is 5.17. The molecule has 1 aliphatic heterocycles. The van der Waals surface area contributed by atoms with E-state index in [1.807, 2.05) is 31.2 Å². The number of rotatable bonds is 14. The first kappa shape index (κ1) is 30.9. The molecule has 0 bridgehead atoms. The number of hydrogen-bond donors (Lipinski definition) is 1. The highest BCUT2D eigenvalue weighted by atomic mass is 35.5. The molecular formula is C31H40ClN5O3S. The molecule has 0 saturated carbocycles. The van der Waals surface area contributed by atoms with Crippen LogP contribution < -0.4 is 5.32 Å². The Morgan fingerprint density at radius 2 is 1.63 bits per heavy atom. The minimum atomic E-state index is -0.458. The number of fused-ring (bicyclic) bond motifs is 3. The monoisotopic (exact) mass is 597 g/mol. The van der Waals surface area contributed by atoms with Crippen molar-refractivity contribution in [3.63, 3.8) is 0 Å². The van der Waals surface area contributed by atoms with Crippen LogP contribution in [0, 0.1) is 20.8 Å². The van der Waals surface area contributed by atoms with Crippen LogP contribution in [0.5, 0.6) is 0 Å². The number of carbonyl (C=O) groups excluding carboxylic acids is 2. The number of thiophene rings is 1. The number of aliphatic imine (C=N–C) groups is 1. The summed E-state index contributed by atoms with van der Waals surface area (Å²) in [6, 6.07) is 7.25. The maximum atomic E-state index is 13.1. The normalized spacial score (nSPS) is 14.2. The summed E-state index contributed by atoms with van der Waals surface area (Å²) in [4.78, 5) is 30.6. The van der Waals surface area contributed by atoms with Gasteiger partial charge in [-0.3, -0.25) is 19.1 Å². The number of carbonyl (C=O) groups is 2. The molecular weight excluding hydrogens is 558 g/mol. The lowest BCUT2D eigenvalue weighted by molar-refractivity contribution is -0.140. The number of amides is 1. The Hall–Kier alpha value is -3.04. The Morgan fingerprint density at radius 3 is 2.32 bits per heavy atom. The zero-order valence-electron chi connectivity index (χ0n) is 24.5. The van der Waals surface area contributed by atoms with Crippen LogP contribution in [0.2, 0.25) is 5.02 Å². The molecule has 41 heavy (non-hydrogen) atoms.